The van der Waals surface area contributed by atoms with Crippen LogP contribution in [0.1, 0.15) is 23.2 Å². The summed E-state index contributed by atoms with van der Waals surface area (Å²) in [6.45, 7) is 0. The van der Waals surface area contributed by atoms with Gasteiger partial charge in [-0.25, -0.2) is 18.1 Å². The number of nitrogens with zero attached hydrogens (tertiary/aromatic N) is 1. The van der Waals surface area contributed by atoms with Crippen molar-refractivity contribution in [2.45, 2.75) is 23.8 Å². The zero-order valence-electron chi connectivity index (χ0n) is 12.0. The van der Waals surface area contributed by atoms with E-state index in [1.165, 1.54) is 24.4 Å². The van der Waals surface area contributed by atoms with Gasteiger partial charge in [-0.3, -0.25) is 4.79 Å². The summed E-state index contributed by atoms with van der Waals surface area (Å²) in [5.74, 6) is -0.105. The summed E-state index contributed by atoms with van der Waals surface area (Å²) in [7, 11) is -3.59. The van der Waals surface area contributed by atoms with Gasteiger partial charge in [-0.1, -0.05) is 17.7 Å². The third kappa shape index (κ3) is 4.07. The Kier molecular flexibility index (Phi) is 4.34. The van der Waals surface area contributed by atoms with Gasteiger partial charge in [-0.05, 0) is 43.2 Å². The van der Waals surface area contributed by atoms with E-state index in [1.54, 1.807) is 18.2 Å². The van der Waals surface area contributed by atoms with E-state index >= 15 is 0 Å². The van der Waals surface area contributed by atoms with Crippen molar-refractivity contribution in [2.24, 2.45) is 0 Å². The Morgan fingerprint density at radius 3 is 2.65 bits per heavy atom. The van der Waals surface area contributed by atoms with Crippen LogP contribution in [0.15, 0.2) is 47.5 Å². The zero-order valence-corrected chi connectivity index (χ0v) is 13.6. The number of hydrogen-bond donors (Lipinski definition) is 2. The van der Waals surface area contributed by atoms with Gasteiger partial charge in [0.25, 0.3) is 5.91 Å². The third-order valence-electron chi connectivity index (χ3n) is 3.27. The SMILES string of the molecule is O=C(Nc1ccc(Cl)cn1)c1cccc(S(=O)(=O)NC2CC2)c1. The van der Waals surface area contributed by atoms with Crippen LogP contribution in [0.3, 0.4) is 0 Å². The highest BCUT2D eigenvalue weighted by atomic mass is 35.5. The number of aromatic nitrogens is 1. The largest absolute Gasteiger partial charge is 0.307 e. The number of pyridine rings is 1. The van der Waals surface area contributed by atoms with E-state index in [9.17, 15) is 13.2 Å². The molecule has 0 saturated heterocycles. The molecule has 0 atom stereocenters. The molecule has 2 aromatic rings. The van der Waals surface area contributed by atoms with E-state index in [0.29, 0.717) is 10.8 Å². The van der Waals surface area contributed by atoms with Crippen LogP contribution < -0.4 is 10.0 Å². The third-order valence-corrected chi connectivity index (χ3v) is 5.02. The minimum Gasteiger partial charge on any atom is -0.307 e. The Labute approximate surface area is 138 Å². The number of hydrogen-bond acceptors (Lipinski definition) is 4. The molecule has 0 aliphatic heterocycles. The van der Waals surface area contributed by atoms with E-state index in [2.05, 4.69) is 15.0 Å². The lowest BCUT2D eigenvalue weighted by molar-refractivity contribution is 0.102. The quantitative estimate of drug-likeness (QED) is 0.865. The van der Waals surface area contributed by atoms with Crippen molar-refractivity contribution < 1.29 is 13.2 Å². The van der Waals surface area contributed by atoms with E-state index < -0.39 is 15.9 Å². The van der Waals surface area contributed by atoms with Crippen LogP contribution in [-0.2, 0) is 10.0 Å². The molecular formula is C15H14ClN3O3S. The second kappa shape index (κ2) is 6.27. The monoisotopic (exact) mass is 351 g/mol. The molecule has 1 aliphatic carbocycles. The maximum Gasteiger partial charge on any atom is 0.256 e. The topological polar surface area (TPSA) is 88.2 Å². The number of anilines is 1. The first-order valence-electron chi connectivity index (χ1n) is 6.99. The lowest BCUT2D eigenvalue weighted by Crippen LogP contribution is -2.26. The lowest BCUT2D eigenvalue weighted by atomic mass is 10.2. The van der Waals surface area contributed by atoms with Crippen molar-refractivity contribution in [3.8, 4) is 0 Å². The maximum absolute atomic E-state index is 12.2. The highest BCUT2D eigenvalue weighted by Crippen LogP contribution is 2.22. The summed E-state index contributed by atoms with van der Waals surface area (Å²) in [4.78, 5) is 16.3. The Morgan fingerprint density at radius 1 is 1.22 bits per heavy atom. The average molecular weight is 352 g/mol. The Balaban J connectivity index is 1.78. The summed E-state index contributed by atoms with van der Waals surface area (Å²) >= 11 is 5.73. The molecule has 1 aromatic heterocycles. The fraction of sp³-hybridized carbons (Fsp3) is 0.200. The molecular weight excluding hydrogens is 338 g/mol. The minimum atomic E-state index is -3.59. The van der Waals surface area contributed by atoms with Gasteiger partial charge in [0.2, 0.25) is 10.0 Å². The van der Waals surface area contributed by atoms with Gasteiger partial charge in [0.15, 0.2) is 0 Å². The van der Waals surface area contributed by atoms with Gasteiger partial charge in [0.05, 0.1) is 9.92 Å². The first-order valence-corrected chi connectivity index (χ1v) is 8.85. The fourth-order valence-electron chi connectivity index (χ4n) is 1.93. The number of carbonyl (C=O) groups is 1. The predicted molar refractivity (Wildman–Crippen MR) is 87.0 cm³/mol. The number of sulfonamides is 1. The van der Waals surface area contributed by atoms with Gasteiger partial charge in [0, 0.05) is 17.8 Å². The number of halogens is 1. The van der Waals surface area contributed by atoms with Gasteiger partial charge in [-0.15, -0.1) is 0 Å². The van der Waals surface area contributed by atoms with Gasteiger partial charge in [0.1, 0.15) is 5.82 Å². The molecule has 2 N–H and O–H groups in total. The fourth-order valence-corrected chi connectivity index (χ4v) is 3.39. The molecule has 0 radical (unpaired) electrons. The van der Waals surface area contributed by atoms with Crippen molar-refractivity contribution in [3.05, 3.63) is 53.2 Å². The molecule has 0 bridgehead atoms. The second-order valence-electron chi connectivity index (χ2n) is 5.24. The maximum atomic E-state index is 12.2. The summed E-state index contributed by atoms with van der Waals surface area (Å²) in [6, 6.07) is 9.06. The highest BCUT2D eigenvalue weighted by Gasteiger charge is 2.28. The highest BCUT2D eigenvalue weighted by molar-refractivity contribution is 7.89. The normalized spacial score (nSPS) is 14.5. The number of carbonyl (C=O) groups excluding carboxylic acids is 1. The van der Waals surface area contributed by atoms with Crippen molar-refractivity contribution in [1.82, 2.24) is 9.71 Å². The van der Waals surface area contributed by atoms with E-state index in [0.717, 1.165) is 12.8 Å². The van der Waals surface area contributed by atoms with Crippen LogP contribution >= 0.6 is 11.6 Å². The molecule has 1 aromatic carbocycles. The molecule has 6 nitrogen and oxygen atoms in total. The molecule has 1 aliphatic rings. The van der Waals surface area contributed by atoms with Gasteiger partial charge in [-0.2, -0.15) is 0 Å². The van der Waals surface area contributed by atoms with Crippen LogP contribution in [0.25, 0.3) is 0 Å². The Hall–Kier alpha value is -1.96. The molecule has 3 rings (SSSR count). The van der Waals surface area contributed by atoms with E-state index in [-0.39, 0.29) is 16.5 Å². The first-order chi connectivity index (χ1) is 10.9. The first kappa shape index (κ1) is 15.9. The number of nitrogens with one attached hydrogen (secondary N) is 2. The molecule has 23 heavy (non-hydrogen) atoms. The molecule has 0 spiro atoms. The minimum absolute atomic E-state index is 0.00995. The lowest BCUT2D eigenvalue weighted by Gasteiger charge is -2.08. The summed E-state index contributed by atoms with van der Waals surface area (Å²) in [5, 5.41) is 3.05. The van der Waals surface area contributed by atoms with Crippen molar-refractivity contribution >= 4 is 33.3 Å². The summed E-state index contributed by atoms with van der Waals surface area (Å²) < 4.78 is 26.9. The molecule has 0 unspecified atom stereocenters. The van der Waals surface area contributed by atoms with Crippen molar-refractivity contribution in [1.29, 1.82) is 0 Å². The predicted octanol–water partition coefficient (Wildman–Crippen LogP) is 2.43. The van der Waals surface area contributed by atoms with E-state index in [4.69, 9.17) is 11.6 Å². The van der Waals surface area contributed by atoms with Crippen LogP contribution in [-0.4, -0.2) is 25.4 Å². The smallest absolute Gasteiger partial charge is 0.256 e. The molecule has 120 valence electrons. The van der Waals surface area contributed by atoms with Crippen LogP contribution in [0.5, 0.6) is 0 Å². The number of benzene rings is 1. The van der Waals surface area contributed by atoms with Gasteiger partial charge < -0.3 is 5.32 Å². The Morgan fingerprint density at radius 2 is 2.00 bits per heavy atom. The molecule has 1 amide bonds. The Bertz CT molecular complexity index is 833. The van der Waals surface area contributed by atoms with Crippen LogP contribution in [0.4, 0.5) is 5.82 Å². The second-order valence-corrected chi connectivity index (χ2v) is 7.39. The summed E-state index contributed by atoms with van der Waals surface area (Å²) in [6.07, 6.45) is 3.11. The average Bonchev–Trinajstić information content (AvgIpc) is 3.33. The van der Waals surface area contributed by atoms with E-state index in [1.807, 2.05) is 0 Å². The van der Waals surface area contributed by atoms with Crippen molar-refractivity contribution in [3.63, 3.8) is 0 Å². The number of rotatable bonds is 5. The van der Waals surface area contributed by atoms with Crippen LogP contribution in [0.2, 0.25) is 5.02 Å². The summed E-state index contributed by atoms with van der Waals surface area (Å²) in [5.41, 5.74) is 0.237. The standard InChI is InChI=1S/C15H14ClN3O3S/c16-11-4-7-14(17-9-11)18-15(20)10-2-1-3-13(8-10)23(21,22)19-12-5-6-12/h1-4,7-9,12,19H,5-6H2,(H,17,18,20). The zero-order chi connectivity index (χ0) is 16.4. The van der Waals surface area contributed by atoms with Crippen LogP contribution in [0, 0.1) is 0 Å². The molecule has 1 fully saturated rings. The molecule has 1 saturated carbocycles. The number of amides is 1. The van der Waals surface area contributed by atoms with Gasteiger partial charge >= 0.3 is 0 Å². The molecule has 8 heteroatoms. The molecule has 1 heterocycles. The van der Waals surface area contributed by atoms with Crippen molar-refractivity contribution in [2.75, 3.05) is 5.32 Å².